The highest BCUT2D eigenvalue weighted by Crippen LogP contribution is 2.38. The van der Waals surface area contributed by atoms with Crippen LogP contribution >= 0.6 is 11.6 Å². The van der Waals surface area contributed by atoms with Crippen LogP contribution < -0.4 is 0 Å². The van der Waals surface area contributed by atoms with Gasteiger partial charge in [0.1, 0.15) is 0 Å². The van der Waals surface area contributed by atoms with Crippen LogP contribution in [-0.2, 0) is 6.18 Å². The first-order valence-corrected chi connectivity index (χ1v) is 5.64. The molecule has 0 heterocycles. The molecule has 0 spiro atoms. The SMILES string of the molecule is [C-]#[N+]c1ccc(-c2ccc(Cl)cc2)cc1C(F)(F)F. The second-order valence-corrected chi connectivity index (χ2v) is 4.28. The molecule has 0 saturated carbocycles. The Labute approximate surface area is 113 Å². The summed E-state index contributed by atoms with van der Waals surface area (Å²) in [6.07, 6.45) is -4.54. The lowest BCUT2D eigenvalue weighted by atomic mass is 10.0. The fourth-order valence-corrected chi connectivity index (χ4v) is 1.81. The molecule has 0 bridgehead atoms. The van der Waals surface area contributed by atoms with Gasteiger partial charge in [0.15, 0.2) is 5.69 Å². The Morgan fingerprint density at radius 3 is 2.05 bits per heavy atom. The van der Waals surface area contributed by atoms with Crippen molar-refractivity contribution >= 4 is 17.3 Å². The Hall–Kier alpha value is -1.99. The minimum atomic E-state index is -4.54. The first-order chi connectivity index (χ1) is 8.91. The van der Waals surface area contributed by atoms with E-state index in [1.54, 1.807) is 24.3 Å². The molecule has 0 aliphatic rings. The summed E-state index contributed by atoms with van der Waals surface area (Å²) in [6, 6.07) is 10.1. The van der Waals surface area contributed by atoms with Crippen LogP contribution in [0.2, 0.25) is 5.02 Å². The summed E-state index contributed by atoms with van der Waals surface area (Å²) in [6.45, 7) is 6.78. The van der Waals surface area contributed by atoms with Crippen LogP contribution in [0, 0.1) is 6.57 Å². The molecule has 2 aromatic rings. The minimum absolute atomic E-state index is 0.398. The summed E-state index contributed by atoms with van der Waals surface area (Å²) in [5.74, 6) is 0. The maximum Gasteiger partial charge on any atom is 0.407 e. The van der Waals surface area contributed by atoms with Gasteiger partial charge in [-0.2, -0.15) is 13.2 Å². The van der Waals surface area contributed by atoms with Gasteiger partial charge in [0.2, 0.25) is 0 Å². The number of rotatable bonds is 1. The van der Waals surface area contributed by atoms with Gasteiger partial charge in [-0.3, -0.25) is 0 Å². The highest BCUT2D eigenvalue weighted by atomic mass is 35.5. The molecule has 19 heavy (non-hydrogen) atoms. The molecule has 1 nitrogen and oxygen atoms in total. The van der Waals surface area contributed by atoms with Crippen LogP contribution in [-0.4, -0.2) is 0 Å². The fraction of sp³-hybridized carbons (Fsp3) is 0.0714. The monoisotopic (exact) mass is 281 g/mol. The quantitative estimate of drug-likeness (QED) is 0.601. The molecule has 0 aliphatic heterocycles. The highest BCUT2D eigenvalue weighted by Gasteiger charge is 2.33. The summed E-state index contributed by atoms with van der Waals surface area (Å²) in [4.78, 5) is 2.89. The van der Waals surface area contributed by atoms with E-state index in [1.807, 2.05) is 0 Å². The number of hydrogen-bond donors (Lipinski definition) is 0. The molecule has 96 valence electrons. The molecule has 0 amide bonds. The van der Waals surface area contributed by atoms with Gasteiger partial charge in [0, 0.05) is 5.02 Å². The predicted octanol–water partition coefficient (Wildman–Crippen LogP) is 5.58. The zero-order chi connectivity index (χ0) is 14.0. The van der Waals surface area contributed by atoms with E-state index in [4.69, 9.17) is 18.2 Å². The average molecular weight is 282 g/mol. The van der Waals surface area contributed by atoms with E-state index >= 15 is 0 Å². The van der Waals surface area contributed by atoms with Crippen molar-refractivity contribution in [1.29, 1.82) is 0 Å². The third-order valence-electron chi connectivity index (χ3n) is 2.60. The van der Waals surface area contributed by atoms with Crippen molar-refractivity contribution in [3.05, 3.63) is 64.5 Å². The van der Waals surface area contributed by atoms with E-state index in [9.17, 15) is 13.2 Å². The Balaban J connectivity index is 2.56. The van der Waals surface area contributed by atoms with Crippen molar-refractivity contribution < 1.29 is 13.2 Å². The maximum atomic E-state index is 12.8. The maximum absolute atomic E-state index is 12.8. The molecule has 0 unspecified atom stereocenters. The van der Waals surface area contributed by atoms with Crippen molar-refractivity contribution in [2.24, 2.45) is 0 Å². The largest absolute Gasteiger partial charge is 0.407 e. The van der Waals surface area contributed by atoms with Crippen molar-refractivity contribution in [3.8, 4) is 11.1 Å². The van der Waals surface area contributed by atoms with Crippen molar-refractivity contribution in [2.45, 2.75) is 6.18 Å². The summed E-state index contributed by atoms with van der Waals surface area (Å²) >= 11 is 5.73. The molecular formula is C14H7ClF3N. The second-order valence-electron chi connectivity index (χ2n) is 3.85. The lowest BCUT2D eigenvalue weighted by Crippen LogP contribution is -2.05. The summed E-state index contributed by atoms with van der Waals surface area (Å²) in [5.41, 5.74) is -0.303. The Morgan fingerprint density at radius 1 is 0.947 bits per heavy atom. The highest BCUT2D eigenvalue weighted by molar-refractivity contribution is 6.30. The van der Waals surface area contributed by atoms with Gasteiger partial charge in [0.05, 0.1) is 12.1 Å². The molecule has 0 radical (unpaired) electrons. The van der Waals surface area contributed by atoms with E-state index in [2.05, 4.69) is 4.85 Å². The first-order valence-electron chi connectivity index (χ1n) is 5.26. The van der Waals surface area contributed by atoms with Crippen LogP contribution in [0.4, 0.5) is 18.9 Å². The predicted molar refractivity (Wildman–Crippen MR) is 68.2 cm³/mol. The number of alkyl halides is 3. The van der Waals surface area contributed by atoms with E-state index in [0.717, 1.165) is 6.07 Å². The third-order valence-corrected chi connectivity index (χ3v) is 2.85. The van der Waals surface area contributed by atoms with Gasteiger partial charge in [-0.15, -0.1) is 0 Å². The van der Waals surface area contributed by atoms with Crippen molar-refractivity contribution in [3.63, 3.8) is 0 Å². The smallest absolute Gasteiger partial charge is 0.238 e. The molecule has 0 aliphatic carbocycles. The van der Waals surface area contributed by atoms with E-state index < -0.39 is 17.4 Å². The Morgan fingerprint density at radius 2 is 1.53 bits per heavy atom. The van der Waals surface area contributed by atoms with Gasteiger partial charge >= 0.3 is 6.18 Å². The molecule has 0 N–H and O–H groups in total. The summed E-state index contributed by atoms with van der Waals surface area (Å²) in [5, 5.41) is 0.512. The molecule has 0 aromatic heterocycles. The first kappa shape index (κ1) is 13.4. The second kappa shape index (κ2) is 4.94. The third kappa shape index (κ3) is 2.88. The molecule has 0 saturated heterocycles. The van der Waals surface area contributed by atoms with Gasteiger partial charge in [0.25, 0.3) is 0 Å². The zero-order valence-corrected chi connectivity index (χ0v) is 10.3. The van der Waals surface area contributed by atoms with Crippen molar-refractivity contribution in [1.82, 2.24) is 0 Å². The molecule has 0 fully saturated rings. The fourth-order valence-electron chi connectivity index (χ4n) is 1.68. The van der Waals surface area contributed by atoms with Crippen LogP contribution in [0.5, 0.6) is 0 Å². The minimum Gasteiger partial charge on any atom is -0.238 e. The number of nitrogens with zero attached hydrogens (tertiary/aromatic N) is 1. The van der Waals surface area contributed by atoms with Crippen LogP contribution in [0.25, 0.3) is 16.0 Å². The molecule has 0 atom stereocenters. The Bertz CT molecular complexity index is 639. The topological polar surface area (TPSA) is 4.36 Å². The number of halogens is 4. The molecule has 2 aromatic carbocycles. The number of benzene rings is 2. The summed E-state index contributed by atoms with van der Waals surface area (Å²) in [7, 11) is 0. The average Bonchev–Trinajstić information content (AvgIpc) is 2.38. The van der Waals surface area contributed by atoms with Crippen molar-refractivity contribution in [2.75, 3.05) is 0 Å². The lowest BCUT2D eigenvalue weighted by Gasteiger charge is -2.11. The van der Waals surface area contributed by atoms with Crippen LogP contribution in [0.3, 0.4) is 0 Å². The van der Waals surface area contributed by atoms with Crippen LogP contribution in [0.15, 0.2) is 42.5 Å². The van der Waals surface area contributed by atoms with Gasteiger partial charge in [-0.05, 0) is 23.3 Å². The van der Waals surface area contributed by atoms with Gasteiger partial charge < -0.3 is 0 Å². The zero-order valence-electron chi connectivity index (χ0n) is 9.50. The van der Waals surface area contributed by atoms with E-state index in [0.29, 0.717) is 16.1 Å². The molecule has 5 heteroatoms. The van der Waals surface area contributed by atoms with E-state index in [1.165, 1.54) is 12.1 Å². The van der Waals surface area contributed by atoms with Gasteiger partial charge in [-0.25, -0.2) is 4.85 Å². The van der Waals surface area contributed by atoms with Crippen LogP contribution in [0.1, 0.15) is 5.56 Å². The standard InChI is InChI=1S/C14H7ClF3N/c1-19-13-7-4-10(8-12(13)14(16,17)18)9-2-5-11(15)6-3-9/h2-8H. The Kier molecular flexibility index (Phi) is 3.50. The molecular weight excluding hydrogens is 275 g/mol. The number of hydrogen-bond acceptors (Lipinski definition) is 0. The summed E-state index contributed by atoms with van der Waals surface area (Å²) < 4.78 is 38.5. The van der Waals surface area contributed by atoms with Gasteiger partial charge in [-0.1, -0.05) is 41.9 Å². The normalized spacial score (nSPS) is 11.1. The lowest BCUT2D eigenvalue weighted by molar-refractivity contribution is -0.136. The van der Waals surface area contributed by atoms with E-state index in [-0.39, 0.29) is 0 Å². The molecule has 2 rings (SSSR count).